The second-order valence-electron chi connectivity index (χ2n) is 7.39. The van der Waals surface area contributed by atoms with Crippen LogP contribution in [0, 0.1) is 0 Å². The van der Waals surface area contributed by atoms with Crippen molar-refractivity contribution >= 4 is 31.6 Å². The highest BCUT2D eigenvalue weighted by molar-refractivity contribution is 7.80. The Morgan fingerprint density at radius 3 is 1.78 bits per heavy atom. The van der Waals surface area contributed by atoms with E-state index in [0.717, 1.165) is 33.2 Å². The van der Waals surface area contributed by atoms with Crippen molar-refractivity contribution in [1.82, 2.24) is 0 Å². The molecule has 5 heteroatoms. The highest BCUT2D eigenvalue weighted by Gasteiger charge is 2.41. The molecule has 32 heavy (non-hydrogen) atoms. The smallest absolute Gasteiger partial charge is 0.406 e. The van der Waals surface area contributed by atoms with Gasteiger partial charge in [0.15, 0.2) is 0 Å². The van der Waals surface area contributed by atoms with Crippen LogP contribution in [0.2, 0.25) is 0 Å². The molecule has 4 rings (SSSR count). The van der Waals surface area contributed by atoms with E-state index in [9.17, 15) is 0 Å². The van der Waals surface area contributed by atoms with Gasteiger partial charge in [0.25, 0.3) is 0 Å². The summed E-state index contributed by atoms with van der Waals surface area (Å²) in [6.45, 7) is 0.577. The number of benzene rings is 4. The number of thiol groups is 1. The van der Waals surface area contributed by atoms with E-state index in [1.165, 1.54) is 5.56 Å². The first kappa shape index (κ1) is 22.4. The first-order chi connectivity index (χ1) is 15.7. The summed E-state index contributed by atoms with van der Waals surface area (Å²) in [5.74, 6) is 1.53. The number of hydrogen-bond acceptors (Lipinski definition) is 4. The average molecular weight is 459 g/mol. The first-order valence-corrected chi connectivity index (χ1v) is 12.8. The lowest BCUT2D eigenvalue weighted by atomic mass is 10.2. The minimum atomic E-state index is -2.86. The molecule has 4 aromatic carbocycles. The zero-order chi connectivity index (χ0) is 22.2. The summed E-state index contributed by atoms with van der Waals surface area (Å²) in [6.07, 6.45) is 0.827. The lowest BCUT2D eigenvalue weighted by molar-refractivity contribution is 0.226. The van der Waals surface area contributed by atoms with E-state index in [4.69, 9.17) is 13.6 Å². The third-order valence-corrected chi connectivity index (χ3v) is 8.96. The second kappa shape index (κ2) is 10.7. The van der Waals surface area contributed by atoms with Crippen LogP contribution < -0.4 is 15.1 Å². The molecule has 0 saturated carbocycles. The molecule has 3 nitrogen and oxygen atoms in total. The predicted molar refractivity (Wildman–Crippen MR) is 135 cm³/mol. The summed E-state index contributed by atoms with van der Waals surface area (Å²) >= 11 is 4.32. The van der Waals surface area contributed by atoms with Gasteiger partial charge in [0.05, 0.1) is 0 Å². The normalized spacial score (nSPS) is 12.8. The van der Waals surface area contributed by atoms with Crippen LogP contribution >= 0.6 is 12.6 Å². The van der Waals surface area contributed by atoms with Gasteiger partial charge in [-0.05, 0) is 58.8 Å². The summed E-state index contributed by atoms with van der Waals surface area (Å²) in [7, 11) is -1.12. The molecule has 0 fully saturated rings. The van der Waals surface area contributed by atoms with Crippen LogP contribution in [0.5, 0.6) is 11.5 Å². The van der Waals surface area contributed by atoms with Crippen LogP contribution in [-0.4, -0.2) is 22.3 Å². The highest BCUT2D eigenvalue weighted by atomic mass is 32.1. The van der Waals surface area contributed by atoms with Crippen LogP contribution in [0.3, 0.4) is 0 Å². The first-order valence-electron chi connectivity index (χ1n) is 10.6. The third kappa shape index (κ3) is 5.31. The second-order valence-corrected chi connectivity index (χ2v) is 11.0. The number of rotatable bonds is 9. The van der Waals surface area contributed by atoms with Crippen molar-refractivity contribution in [2.75, 3.05) is 13.7 Å². The Hall–Kier alpha value is -2.83. The van der Waals surface area contributed by atoms with Crippen molar-refractivity contribution in [3.8, 4) is 11.5 Å². The zero-order valence-corrected chi connectivity index (χ0v) is 19.9. The molecule has 0 aromatic heterocycles. The number of ether oxygens (including phenoxy) is 1. The topological polar surface area (TPSA) is 27.7 Å². The molecule has 0 heterocycles. The van der Waals surface area contributed by atoms with Crippen molar-refractivity contribution in [2.45, 2.75) is 11.3 Å². The van der Waals surface area contributed by atoms with Gasteiger partial charge in [-0.2, -0.15) is 0 Å². The van der Waals surface area contributed by atoms with E-state index in [0.29, 0.717) is 6.61 Å². The van der Waals surface area contributed by atoms with E-state index in [2.05, 4.69) is 49.0 Å². The van der Waals surface area contributed by atoms with Gasteiger partial charge in [0.2, 0.25) is 0 Å². The maximum absolute atomic E-state index is 6.59. The number of hydrogen-bond donors (Lipinski definition) is 1. The van der Waals surface area contributed by atoms with Crippen LogP contribution in [0.15, 0.2) is 114 Å². The summed E-state index contributed by atoms with van der Waals surface area (Å²) in [4.78, 5) is 0.902. The molecular weight excluding hydrogens is 432 g/mol. The van der Waals surface area contributed by atoms with Gasteiger partial charge < -0.3 is 13.6 Å². The van der Waals surface area contributed by atoms with Gasteiger partial charge in [-0.3, -0.25) is 0 Å². The Kier molecular flexibility index (Phi) is 7.45. The summed E-state index contributed by atoms with van der Waals surface area (Å²) < 4.78 is 18.8. The molecule has 0 saturated heterocycles. The SMILES string of the molecule is CO[Si](OCCc1ccccc1)(c1ccccc1)c1ccc(Oc2ccc(S)cc2)cc1. The van der Waals surface area contributed by atoms with E-state index >= 15 is 0 Å². The fourth-order valence-corrected chi connectivity index (χ4v) is 6.67. The van der Waals surface area contributed by atoms with Crippen molar-refractivity contribution in [3.05, 3.63) is 115 Å². The van der Waals surface area contributed by atoms with Crippen LogP contribution in [0.1, 0.15) is 5.56 Å². The van der Waals surface area contributed by atoms with E-state index < -0.39 is 8.56 Å². The Morgan fingerprint density at radius 1 is 0.656 bits per heavy atom. The molecule has 0 aliphatic heterocycles. The lowest BCUT2D eigenvalue weighted by Crippen LogP contribution is -2.63. The van der Waals surface area contributed by atoms with Crippen molar-refractivity contribution in [3.63, 3.8) is 0 Å². The lowest BCUT2D eigenvalue weighted by Gasteiger charge is -2.30. The van der Waals surface area contributed by atoms with Crippen molar-refractivity contribution < 1.29 is 13.6 Å². The molecule has 0 bridgehead atoms. The molecule has 1 unspecified atom stereocenters. The minimum absolute atomic E-state index is 0.577. The molecule has 0 spiro atoms. The molecule has 4 aromatic rings. The standard InChI is InChI=1S/C27H26O3SSi/c1-28-32(26-10-6-3-7-11-26,29-21-20-22-8-4-2-5-9-22)27-18-14-24(15-19-27)30-23-12-16-25(31)17-13-23/h2-19,31H,20-21H2,1H3. The Morgan fingerprint density at radius 2 is 1.19 bits per heavy atom. The van der Waals surface area contributed by atoms with Crippen LogP contribution in [-0.2, 0) is 15.3 Å². The summed E-state index contributed by atoms with van der Waals surface area (Å²) in [5.41, 5.74) is 1.25. The fourth-order valence-electron chi connectivity index (χ4n) is 3.64. The Bertz CT molecular complexity index is 1100. The summed E-state index contributed by atoms with van der Waals surface area (Å²) in [5, 5.41) is 2.12. The van der Waals surface area contributed by atoms with Crippen LogP contribution in [0.25, 0.3) is 0 Å². The van der Waals surface area contributed by atoms with Gasteiger partial charge in [0.1, 0.15) is 11.5 Å². The molecule has 0 aliphatic rings. The third-order valence-electron chi connectivity index (χ3n) is 5.29. The van der Waals surface area contributed by atoms with E-state index in [1.54, 1.807) is 7.11 Å². The average Bonchev–Trinajstić information content (AvgIpc) is 2.85. The molecule has 0 amide bonds. The van der Waals surface area contributed by atoms with Gasteiger partial charge >= 0.3 is 8.56 Å². The van der Waals surface area contributed by atoms with Gasteiger partial charge in [-0.25, -0.2) is 0 Å². The molecule has 0 aliphatic carbocycles. The van der Waals surface area contributed by atoms with Crippen molar-refractivity contribution in [2.24, 2.45) is 0 Å². The monoisotopic (exact) mass is 458 g/mol. The molecule has 0 N–H and O–H groups in total. The van der Waals surface area contributed by atoms with Gasteiger partial charge in [0, 0.05) is 18.6 Å². The van der Waals surface area contributed by atoms with Crippen LogP contribution in [0.4, 0.5) is 0 Å². The molecular formula is C27H26O3SSi. The minimum Gasteiger partial charge on any atom is -0.457 e. The maximum atomic E-state index is 6.59. The molecule has 0 radical (unpaired) electrons. The van der Waals surface area contributed by atoms with Gasteiger partial charge in [-0.15, -0.1) is 12.6 Å². The largest absolute Gasteiger partial charge is 0.457 e. The maximum Gasteiger partial charge on any atom is 0.406 e. The molecule has 1 atom stereocenters. The Balaban J connectivity index is 1.58. The summed E-state index contributed by atoms with van der Waals surface area (Å²) in [6, 6.07) is 36.3. The highest BCUT2D eigenvalue weighted by Crippen LogP contribution is 2.22. The van der Waals surface area contributed by atoms with Crippen molar-refractivity contribution in [1.29, 1.82) is 0 Å². The van der Waals surface area contributed by atoms with E-state index in [1.807, 2.05) is 72.8 Å². The molecule has 162 valence electrons. The Labute approximate surface area is 196 Å². The predicted octanol–water partition coefficient (Wildman–Crippen LogP) is 5.23. The fraction of sp³-hybridized carbons (Fsp3) is 0.111. The van der Waals surface area contributed by atoms with E-state index in [-0.39, 0.29) is 0 Å². The quantitative estimate of drug-likeness (QED) is 0.275. The van der Waals surface area contributed by atoms with Gasteiger partial charge in [-0.1, -0.05) is 72.8 Å². The zero-order valence-electron chi connectivity index (χ0n) is 18.0.